The minimum Gasteiger partial charge on any atom is -0.292 e. The fraction of sp³-hybridized carbons (Fsp3) is 0.273. The quantitative estimate of drug-likeness (QED) is 0.491. The van der Waals surface area contributed by atoms with Crippen LogP contribution in [0.1, 0.15) is 34.8 Å². The van der Waals surface area contributed by atoms with Crippen molar-refractivity contribution in [1.29, 1.82) is 0 Å². The van der Waals surface area contributed by atoms with Crippen molar-refractivity contribution < 1.29 is 4.79 Å². The summed E-state index contributed by atoms with van der Waals surface area (Å²) in [7, 11) is 0. The number of Topliss-reactive ketones (excluding diaryl/α,β-unsaturated/α-hetero) is 1. The van der Waals surface area contributed by atoms with Gasteiger partial charge in [0.05, 0.1) is 10.9 Å². The molecule has 7 heteroatoms. The van der Waals surface area contributed by atoms with E-state index in [0.717, 1.165) is 22.2 Å². The highest BCUT2D eigenvalue weighted by molar-refractivity contribution is 5.97. The maximum Gasteiger partial charge on any atom is 0.352 e. The summed E-state index contributed by atoms with van der Waals surface area (Å²) >= 11 is 0. The number of aryl methyl sites for hydroxylation is 3. The lowest BCUT2D eigenvalue weighted by molar-refractivity contribution is 0.0965. The molecule has 0 fully saturated rings. The smallest absolute Gasteiger partial charge is 0.292 e. The maximum atomic E-state index is 13.1. The summed E-state index contributed by atoms with van der Waals surface area (Å²) in [6.07, 6.45) is 0.719. The zero-order valence-corrected chi connectivity index (χ0v) is 16.7. The summed E-state index contributed by atoms with van der Waals surface area (Å²) in [4.78, 5) is 38.9. The molecule has 2 aromatic carbocycles. The monoisotopic (exact) mass is 390 g/mol. The van der Waals surface area contributed by atoms with Gasteiger partial charge >= 0.3 is 5.69 Å². The zero-order valence-electron chi connectivity index (χ0n) is 16.7. The summed E-state index contributed by atoms with van der Waals surface area (Å²) in [5.41, 5.74) is 2.37. The number of hydrogen-bond donors (Lipinski definition) is 0. The number of hydrogen-bond acceptors (Lipinski definition) is 4. The van der Waals surface area contributed by atoms with E-state index in [0.29, 0.717) is 23.0 Å². The van der Waals surface area contributed by atoms with Crippen LogP contribution >= 0.6 is 0 Å². The van der Waals surface area contributed by atoms with Gasteiger partial charge < -0.3 is 0 Å². The Labute approximate surface area is 166 Å². The Hall–Kier alpha value is -3.48. The first kappa shape index (κ1) is 18.9. The van der Waals surface area contributed by atoms with E-state index in [1.165, 1.54) is 8.97 Å². The van der Waals surface area contributed by atoms with E-state index in [9.17, 15) is 14.4 Å². The van der Waals surface area contributed by atoms with Crippen LogP contribution in [-0.2, 0) is 13.1 Å². The molecule has 0 aliphatic heterocycles. The fourth-order valence-electron chi connectivity index (χ4n) is 3.74. The number of carbonyl (C=O) groups excluding carboxylic acids is 1. The average molecular weight is 390 g/mol. The lowest BCUT2D eigenvalue weighted by Crippen LogP contribution is -2.27. The van der Waals surface area contributed by atoms with Crippen LogP contribution in [0.2, 0.25) is 0 Å². The van der Waals surface area contributed by atoms with Gasteiger partial charge in [0.2, 0.25) is 5.78 Å². The molecule has 148 valence electrons. The Morgan fingerprint density at radius 3 is 2.55 bits per heavy atom. The molecule has 0 aliphatic carbocycles. The SMILES string of the molecule is CCCn1c(=O)c2ccccc2n2c(=O)n(CC(=O)c3ccc(C)cc3C)nc12. The van der Waals surface area contributed by atoms with Gasteiger partial charge in [-0.3, -0.25) is 14.2 Å². The molecule has 0 radical (unpaired) electrons. The van der Waals surface area contributed by atoms with Gasteiger partial charge in [0.15, 0.2) is 5.78 Å². The molecular weight excluding hydrogens is 368 g/mol. The number of fused-ring (bicyclic) bond motifs is 3. The van der Waals surface area contributed by atoms with Crippen LogP contribution in [0.15, 0.2) is 52.1 Å². The van der Waals surface area contributed by atoms with Crippen LogP contribution in [0.25, 0.3) is 16.7 Å². The van der Waals surface area contributed by atoms with Crippen LogP contribution in [0.5, 0.6) is 0 Å². The normalized spacial score (nSPS) is 11.4. The number of ketones is 1. The summed E-state index contributed by atoms with van der Waals surface area (Å²) in [6.45, 7) is 6.05. The van der Waals surface area contributed by atoms with E-state index < -0.39 is 5.69 Å². The van der Waals surface area contributed by atoms with Crippen molar-refractivity contribution >= 4 is 22.5 Å². The number of carbonyl (C=O) groups is 1. The Bertz CT molecular complexity index is 1370. The molecular formula is C22H22N4O3. The second-order valence-corrected chi connectivity index (χ2v) is 7.29. The lowest BCUT2D eigenvalue weighted by atomic mass is 10.0. The van der Waals surface area contributed by atoms with Crippen LogP contribution in [0, 0.1) is 13.8 Å². The average Bonchev–Trinajstić information content (AvgIpc) is 3.01. The Morgan fingerprint density at radius 2 is 1.83 bits per heavy atom. The minimum atomic E-state index is -0.431. The van der Waals surface area contributed by atoms with Gasteiger partial charge in [-0.15, -0.1) is 5.10 Å². The van der Waals surface area contributed by atoms with Gasteiger partial charge in [0, 0.05) is 12.1 Å². The predicted octanol–water partition coefficient (Wildman–Crippen LogP) is 2.72. The largest absolute Gasteiger partial charge is 0.352 e. The molecule has 4 aromatic rings. The Balaban J connectivity index is 1.91. The van der Waals surface area contributed by atoms with Crippen molar-refractivity contribution in [3.63, 3.8) is 0 Å². The molecule has 0 atom stereocenters. The molecule has 0 saturated heterocycles. The number of benzene rings is 2. The van der Waals surface area contributed by atoms with Crippen molar-refractivity contribution in [1.82, 2.24) is 18.7 Å². The predicted molar refractivity (Wildman–Crippen MR) is 112 cm³/mol. The van der Waals surface area contributed by atoms with Gasteiger partial charge in [-0.05, 0) is 38.0 Å². The number of aromatic nitrogens is 4. The van der Waals surface area contributed by atoms with Crippen LogP contribution in [0.4, 0.5) is 0 Å². The van der Waals surface area contributed by atoms with E-state index in [-0.39, 0.29) is 23.7 Å². The molecule has 29 heavy (non-hydrogen) atoms. The summed E-state index contributed by atoms with van der Waals surface area (Å²) < 4.78 is 4.07. The van der Waals surface area contributed by atoms with Gasteiger partial charge in [-0.1, -0.05) is 42.8 Å². The van der Waals surface area contributed by atoms with Gasteiger partial charge in [0.25, 0.3) is 5.56 Å². The summed E-state index contributed by atoms with van der Waals surface area (Å²) in [6, 6.07) is 12.6. The van der Waals surface area contributed by atoms with E-state index >= 15 is 0 Å². The topological polar surface area (TPSA) is 78.4 Å². The van der Waals surface area contributed by atoms with E-state index in [2.05, 4.69) is 5.10 Å². The molecule has 0 aliphatic rings. The van der Waals surface area contributed by atoms with Crippen molar-refractivity contribution in [2.75, 3.05) is 0 Å². The van der Waals surface area contributed by atoms with Gasteiger partial charge in [0.1, 0.15) is 6.54 Å². The van der Waals surface area contributed by atoms with Crippen LogP contribution in [-0.4, -0.2) is 24.5 Å². The highest BCUT2D eigenvalue weighted by Gasteiger charge is 2.19. The molecule has 0 unspecified atom stereocenters. The van der Waals surface area contributed by atoms with Gasteiger partial charge in [-0.25, -0.2) is 13.9 Å². The molecule has 4 rings (SSSR count). The van der Waals surface area contributed by atoms with Crippen molar-refractivity contribution in [2.45, 2.75) is 40.3 Å². The first-order valence-corrected chi connectivity index (χ1v) is 9.64. The highest BCUT2D eigenvalue weighted by atomic mass is 16.2. The number of nitrogens with zero attached hydrogens (tertiary/aromatic N) is 4. The standard InChI is InChI=1S/C22H22N4O3/c1-4-11-24-20(28)17-7-5-6-8-18(17)26-21(24)23-25(22(26)29)13-19(27)16-10-9-14(2)12-15(16)3/h5-10,12H,4,11,13H2,1-3H3. The van der Waals surface area contributed by atoms with Crippen LogP contribution in [0.3, 0.4) is 0 Å². The second kappa shape index (κ2) is 7.16. The van der Waals surface area contributed by atoms with Crippen molar-refractivity contribution in [3.05, 3.63) is 80.0 Å². The van der Waals surface area contributed by atoms with Crippen molar-refractivity contribution in [3.8, 4) is 0 Å². The molecule has 0 amide bonds. The molecule has 7 nitrogen and oxygen atoms in total. The molecule has 2 heterocycles. The van der Waals surface area contributed by atoms with Crippen molar-refractivity contribution in [2.24, 2.45) is 0 Å². The molecule has 2 aromatic heterocycles. The van der Waals surface area contributed by atoms with E-state index in [1.807, 2.05) is 32.9 Å². The van der Waals surface area contributed by atoms with E-state index in [1.54, 1.807) is 30.3 Å². The molecule has 0 N–H and O–H groups in total. The number of para-hydroxylation sites is 1. The Kier molecular flexibility index (Phi) is 4.66. The maximum absolute atomic E-state index is 13.1. The lowest BCUT2D eigenvalue weighted by Gasteiger charge is -2.07. The molecule has 0 spiro atoms. The third kappa shape index (κ3) is 3.08. The third-order valence-electron chi connectivity index (χ3n) is 5.11. The first-order chi connectivity index (χ1) is 13.9. The third-order valence-corrected chi connectivity index (χ3v) is 5.11. The van der Waals surface area contributed by atoms with Gasteiger partial charge in [-0.2, -0.15) is 0 Å². The molecule has 0 saturated carbocycles. The highest BCUT2D eigenvalue weighted by Crippen LogP contribution is 2.13. The number of rotatable bonds is 5. The van der Waals surface area contributed by atoms with Crippen LogP contribution < -0.4 is 11.2 Å². The second-order valence-electron chi connectivity index (χ2n) is 7.29. The summed E-state index contributed by atoms with van der Waals surface area (Å²) in [5.74, 6) is 0.0654. The first-order valence-electron chi connectivity index (χ1n) is 9.64. The minimum absolute atomic E-state index is 0.181. The Morgan fingerprint density at radius 1 is 1.07 bits per heavy atom. The fourth-order valence-corrected chi connectivity index (χ4v) is 3.74. The zero-order chi connectivity index (χ0) is 20.7. The molecule has 0 bridgehead atoms. The van der Waals surface area contributed by atoms with E-state index in [4.69, 9.17) is 0 Å². The summed E-state index contributed by atoms with van der Waals surface area (Å²) in [5, 5.41) is 4.82.